The van der Waals surface area contributed by atoms with Crippen molar-refractivity contribution in [2.75, 3.05) is 31.2 Å². The van der Waals surface area contributed by atoms with Crippen molar-refractivity contribution in [3.05, 3.63) is 16.3 Å². The van der Waals surface area contributed by atoms with Gasteiger partial charge in [0.25, 0.3) is 0 Å². The number of hydrogen-bond acceptors (Lipinski definition) is 8. The van der Waals surface area contributed by atoms with Gasteiger partial charge >= 0.3 is 0 Å². The number of rotatable bonds is 1. The molecule has 0 atom stereocenters. The number of pyridine rings is 1. The second-order valence-corrected chi connectivity index (χ2v) is 8.61. The van der Waals surface area contributed by atoms with Gasteiger partial charge in [0.1, 0.15) is 16.2 Å². The van der Waals surface area contributed by atoms with Crippen molar-refractivity contribution < 1.29 is 9.47 Å². The number of nitrogens with zero attached hydrogens (tertiary/aromatic N) is 5. The van der Waals surface area contributed by atoms with Crippen LogP contribution in [0.15, 0.2) is 0 Å². The first kappa shape index (κ1) is 16.6. The lowest BCUT2D eigenvalue weighted by atomic mass is 9.90. The average molecular weight is 392 g/mol. The van der Waals surface area contributed by atoms with Crippen molar-refractivity contribution in [2.45, 2.75) is 32.5 Å². The summed E-state index contributed by atoms with van der Waals surface area (Å²) in [6.07, 6.45) is 0.798. The van der Waals surface area contributed by atoms with E-state index in [1.165, 1.54) is 16.9 Å². The normalized spacial score (nSPS) is 19.9. The van der Waals surface area contributed by atoms with Crippen LogP contribution in [0.5, 0.6) is 0 Å². The van der Waals surface area contributed by atoms with Crippen molar-refractivity contribution >= 4 is 49.2 Å². The first-order valence-corrected chi connectivity index (χ1v) is 9.82. The molecule has 26 heavy (non-hydrogen) atoms. The van der Waals surface area contributed by atoms with Gasteiger partial charge in [-0.3, -0.25) is 0 Å². The molecule has 0 aliphatic carbocycles. The monoisotopic (exact) mass is 391 g/mol. The van der Waals surface area contributed by atoms with Gasteiger partial charge in [0.05, 0.1) is 30.1 Å². The lowest BCUT2D eigenvalue weighted by molar-refractivity contribution is -0.0396. The summed E-state index contributed by atoms with van der Waals surface area (Å²) in [5.41, 5.74) is 2.95. The SMILES string of the molecule is CC1(C)Cc2c(c(N3CCOCC3)nc3sc4c(Cl)nnnc4c23)CO1. The minimum atomic E-state index is -0.234. The summed E-state index contributed by atoms with van der Waals surface area (Å²) < 4.78 is 12.5. The number of ether oxygens (including phenoxy) is 2. The van der Waals surface area contributed by atoms with Crippen LogP contribution in [0, 0.1) is 0 Å². The third-order valence-corrected chi connectivity index (χ3v) is 6.45. The molecule has 5 rings (SSSR count). The molecule has 0 spiro atoms. The number of thiophene rings is 1. The molecular formula is C17H18ClN5O2S. The molecule has 1 saturated heterocycles. The minimum Gasteiger partial charge on any atom is -0.378 e. The molecule has 0 N–H and O–H groups in total. The highest BCUT2D eigenvalue weighted by Crippen LogP contribution is 2.43. The van der Waals surface area contributed by atoms with Crippen molar-refractivity contribution in [1.82, 2.24) is 20.4 Å². The van der Waals surface area contributed by atoms with Crippen LogP contribution in [0.4, 0.5) is 5.82 Å². The lowest BCUT2D eigenvalue weighted by Gasteiger charge is -2.36. The molecule has 0 saturated carbocycles. The topological polar surface area (TPSA) is 73.3 Å². The van der Waals surface area contributed by atoms with E-state index < -0.39 is 0 Å². The summed E-state index contributed by atoms with van der Waals surface area (Å²) in [4.78, 5) is 8.22. The van der Waals surface area contributed by atoms with Crippen LogP contribution >= 0.6 is 22.9 Å². The predicted octanol–water partition coefficient (Wildman–Crippen LogP) is 2.98. The van der Waals surface area contributed by atoms with Crippen LogP contribution in [0.25, 0.3) is 20.4 Å². The molecule has 1 fully saturated rings. The summed E-state index contributed by atoms with van der Waals surface area (Å²) >= 11 is 7.81. The Labute approximate surface area is 159 Å². The van der Waals surface area contributed by atoms with Crippen molar-refractivity contribution in [2.24, 2.45) is 0 Å². The molecule has 2 aliphatic rings. The van der Waals surface area contributed by atoms with Gasteiger partial charge in [0.2, 0.25) is 0 Å². The van der Waals surface area contributed by atoms with E-state index in [1.54, 1.807) is 0 Å². The van der Waals surface area contributed by atoms with Gasteiger partial charge in [-0.15, -0.1) is 21.5 Å². The molecule has 5 heterocycles. The lowest BCUT2D eigenvalue weighted by Crippen LogP contribution is -2.39. The second kappa shape index (κ2) is 5.95. The van der Waals surface area contributed by atoms with Gasteiger partial charge in [-0.05, 0) is 24.6 Å². The Morgan fingerprint density at radius 1 is 1.15 bits per heavy atom. The fraction of sp³-hybridized carbons (Fsp3) is 0.529. The number of halogens is 1. The molecule has 0 aromatic carbocycles. The summed E-state index contributed by atoms with van der Waals surface area (Å²) in [5, 5.41) is 13.4. The van der Waals surface area contributed by atoms with Crippen LogP contribution in [-0.4, -0.2) is 52.3 Å². The molecule has 136 valence electrons. The Morgan fingerprint density at radius 3 is 2.77 bits per heavy atom. The maximum Gasteiger partial charge on any atom is 0.172 e. The van der Waals surface area contributed by atoms with E-state index in [0.29, 0.717) is 25.0 Å². The molecule has 0 radical (unpaired) electrons. The Morgan fingerprint density at radius 2 is 1.96 bits per heavy atom. The molecule has 2 aliphatic heterocycles. The largest absolute Gasteiger partial charge is 0.378 e. The van der Waals surface area contributed by atoms with Gasteiger partial charge < -0.3 is 14.4 Å². The maximum atomic E-state index is 6.27. The maximum absolute atomic E-state index is 6.27. The number of fused-ring (bicyclic) bond motifs is 5. The van der Waals surface area contributed by atoms with Crippen molar-refractivity contribution in [3.8, 4) is 0 Å². The van der Waals surface area contributed by atoms with Gasteiger partial charge in [-0.2, -0.15) is 0 Å². The van der Waals surface area contributed by atoms with Crippen LogP contribution in [-0.2, 0) is 22.5 Å². The Kier molecular flexibility index (Phi) is 3.79. The van der Waals surface area contributed by atoms with E-state index in [1.807, 2.05) is 0 Å². The molecule has 9 heteroatoms. The standard InChI is InChI=1S/C17H18ClN5O2S/c1-17(2)7-9-10(8-25-17)15(23-3-5-24-6-4-23)19-16-11(9)12-13(26-16)14(18)21-22-20-12/h3-8H2,1-2H3. The van der Waals surface area contributed by atoms with Gasteiger partial charge in [0, 0.05) is 30.5 Å². The molecule has 3 aromatic heterocycles. The number of morpholine rings is 1. The van der Waals surface area contributed by atoms with Crippen LogP contribution in [0.2, 0.25) is 5.15 Å². The van der Waals surface area contributed by atoms with E-state index in [4.69, 9.17) is 26.1 Å². The Hall–Kier alpha value is -1.61. The van der Waals surface area contributed by atoms with E-state index >= 15 is 0 Å². The molecule has 0 unspecified atom stereocenters. The van der Waals surface area contributed by atoms with Crippen LogP contribution < -0.4 is 4.90 Å². The fourth-order valence-electron chi connectivity index (χ4n) is 3.73. The number of hydrogen-bond donors (Lipinski definition) is 0. The molecule has 0 bridgehead atoms. The zero-order chi connectivity index (χ0) is 17.9. The van der Waals surface area contributed by atoms with E-state index in [0.717, 1.165) is 51.3 Å². The molecular weight excluding hydrogens is 374 g/mol. The van der Waals surface area contributed by atoms with Gasteiger partial charge in [-0.25, -0.2) is 4.98 Å². The molecule has 7 nitrogen and oxygen atoms in total. The van der Waals surface area contributed by atoms with E-state index in [2.05, 4.69) is 34.2 Å². The summed E-state index contributed by atoms with van der Waals surface area (Å²) in [6, 6.07) is 0. The highest BCUT2D eigenvalue weighted by molar-refractivity contribution is 7.26. The zero-order valence-corrected chi connectivity index (χ0v) is 16.2. The van der Waals surface area contributed by atoms with Crippen LogP contribution in [0.1, 0.15) is 25.0 Å². The van der Waals surface area contributed by atoms with Crippen molar-refractivity contribution in [1.29, 1.82) is 0 Å². The predicted molar refractivity (Wildman–Crippen MR) is 101 cm³/mol. The Bertz CT molecular complexity index is 1020. The summed E-state index contributed by atoms with van der Waals surface area (Å²) in [6.45, 7) is 7.88. The minimum absolute atomic E-state index is 0.234. The number of anilines is 1. The third kappa shape index (κ3) is 2.55. The molecule has 3 aromatic rings. The van der Waals surface area contributed by atoms with Crippen molar-refractivity contribution in [3.63, 3.8) is 0 Å². The van der Waals surface area contributed by atoms with Crippen LogP contribution in [0.3, 0.4) is 0 Å². The smallest absolute Gasteiger partial charge is 0.172 e. The summed E-state index contributed by atoms with van der Waals surface area (Å²) in [7, 11) is 0. The van der Waals surface area contributed by atoms with E-state index in [-0.39, 0.29) is 5.60 Å². The van der Waals surface area contributed by atoms with Gasteiger partial charge in [-0.1, -0.05) is 11.6 Å². The number of aromatic nitrogens is 4. The molecule has 0 amide bonds. The second-order valence-electron chi connectivity index (χ2n) is 7.26. The zero-order valence-electron chi connectivity index (χ0n) is 14.6. The Balaban J connectivity index is 1.82. The first-order valence-electron chi connectivity index (χ1n) is 8.63. The van der Waals surface area contributed by atoms with Gasteiger partial charge in [0.15, 0.2) is 5.15 Å². The average Bonchev–Trinajstić information content (AvgIpc) is 3.01. The third-order valence-electron chi connectivity index (χ3n) is 4.99. The van der Waals surface area contributed by atoms with E-state index in [9.17, 15) is 0 Å². The summed E-state index contributed by atoms with van der Waals surface area (Å²) in [5.74, 6) is 0.995. The highest BCUT2D eigenvalue weighted by atomic mass is 35.5. The quantitative estimate of drug-likeness (QED) is 0.631. The first-order chi connectivity index (χ1) is 12.5. The fourth-order valence-corrected chi connectivity index (χ4v) is 4.98. The highest BCUT2D eigenvalue weighted by Gasteiger charge is 2.33.